The summed E-state index contributed by atoms with van der Waals surface area (Å²) in [6, 6.07) is 0. The van der Waals surface area contributed by atoms with E-state index >= 15 is 0 Å². The number of amides is 2. The smallest absolute Gasteiger partial charge is 0.228 e. The Kier molecular flexibility index (Phi) is 5.76. The molecule has 2 rings (SSSR count). The number of likely N-dealkylation sites (tertiary alicyclic amines) is 1. The number of hydrogen-bond acceptors (Lipinski definition) is 4. The van der Waals surface area contributed by atoms with Crippen molar-refractivity contribution in [3.05, 3.63) is 18.0 Å². The summed E-state index contributed by atoms with van der Waals surface area (Å²) < 4.78 is 1.84. The van der Waals surface area contributed by atoms with E-state index in [0.717, 1.165) is 18.7 Å². The Morgan fingerprint density at radius 2 is 2.13 bits per heavy atom. The van der Waals surface area contributed by atoms with Crippen LogP contribution < -0.4 is 0 Å². The van der Waals surface area contributed by atoms with E-state index < -0.39 is 0 Å². The monoisotopic (exact) mass is 321 g/mol. The highest BCUT2D eigenvalue weighted by Crippen LogP contribution is 2.20. The van der Waals surface area contributed by atoms with Gasteiger partial charge in [-0.05, 0) is 21.0 Å². The average Bonchev–Trinajstić information content (AvgIpc) is 3.10. The molecule has 23 heavy (non-hydrogen) atoms. The first kappa shape index (κ1) is 17.5. The van der Waals surface area contributed by atoms with Crippen LogP contribution in [0.4, 0.5) is 0 Å². The van der Waals surface area contributed by atoms with Gasteiger partial charge in [-0.1, -0.05) is 0 Å². The molecule has 1 aromatic rings. The topological polar surface area (TPSA) is 61.7 Å². The molecule has 1 aliphatic rings. The highest BCUT2D eigenvalue weighted by atomic mass is 16.2. The first-order chi connectivity index (χ1) is 10.9. The quantitative estimate of drug-likeness (QED) is 0.723. The molecule has 7 heteroatoms. The van der Waals surface area contributed by atoms with E-state index in [-0.39, 0.29) is 17.7 Å². The maximum atomic E-state index is 12.6. The normalized spacial score (nSPS) is 18.0. The van der Waals surface area contributed by atoms with Crippen molar-refractivity contribution in [3.63, 3.8) is 0 Å². The zero-order valence-corrected chi connectivity index (χ0v) is 14.5. The predicted molar refractivity (Wildman–Crippen MR) is 87.6 cm³/mol. The lowest BCUT2D eigenvalue weighted by molar-refractivity contribution is -0.135. The van der Waals surface area contributed by atoms with Crippen molar-refractivity contribution in [1.82, 2.24) is 24.5 Å². The number of aromatic nitrogens is 2. The number of hydrogen-bond donors (Lipinski definition) is 0. The van der Waals surface area contributed by atoms with Crippen LogP contribution in [0.15, 0.2) is 12.4 Å². The lowest BCUT2D eigenvalue weighted by Crippen LogP contribution is -2.36. The van der Waals surface area contributed by atoms with E-state index in [0.29, 0.717) is 26.1 Å². The van der Waals surface area contributed by atoms with Crippen molar-refractivity contribution < 1.29 is 9.59 Å². The third-order valence-electron chi connectivity index (χ3n) is 4.19. The number of rotatable bonds is 7. The van der Waals surface area contributed by atoms with Crippen molar-refractivity contribution in [2.45, 2.75) is 26.4 Å². The van der Waals surface area contributed by atoms with E-state index in [2.05, 4.69) is 5.10 Å². The summed E-state index contributed by atoms with van der Waals surface area (Å²) in [6.45, 7) is 5.40. The zero-order valence-electron chi connectivity index (χ0n) is 14.5. The van der Waals surface area contributed by atoms with Gasteiger partial charge in [0.2, 0.25) is 11.8 Å². The third-order valence-corrected chi connectivity index (χ3v) is 4.19. The number of aryl methyl sites for hydroxylation is 1. The van der Waals surface area contributed by atoms with Crippen LogP contribution >= 0.6 is 0 Å². The van der Waals surface area contributed by atoms with Gasteiger partial charge in [0.05, 0.1) is 12.1 Å². The van der Waals surface area contributed by atoms with Crippen LogP contribution in [0.5, 0.6) is 0 Å². The third kappa shape index (κ3) is 4.54. The Morgan fingerprint density at radius 1 is 1.39 bits per heavy atom. The lowest BCUT2D eigenvalue weighted by atomic mass is 10.1. The van der Waals surface area contributed by atoms with Crippen molar-refractivity contribution in [1.29, 1.82) is 0 Å². The van der Waals surface area contributed by atoms with Gasteiger partial charge in [0, 0.05) is 58.0 Å². The van der Waals surface area contributed by atoms with Crippen LogP contribution in [0.2, 0.25) is 0 Å². The summed E-state index contributed by atoms with van der Waals surface area (Å²) in [5.74, 6) is -0.108. The molecule has 0 bridgehead atoms. The van der Waals surface area contributed by atoms with Crippen LogP contribution in [0.1, 0.15) is 18.9 Å². The minimum Gasteiger partial charge on any atom is -0.341 e. The minimum atomic E-state index is -0.226. The van der Waals surface area contributed by atoms with Crippen molar-refractivity contribution in [3.8, 4) is 0 Å². The van der Waals surface area contributed by atoms with E-state index in [1.54, 1.807) is 23.0 Å². The first-order valence-electron chi connectivity index (χ1n) is 8.09. The molecule has 0 spiro atoms. The summed E-state index contributed by atoms with van der Waals surface area (Å²) in [5.41, 5.74) is 1.01. The van der Waals surface area contributed by atoms with Gasteiger partial charge >= 0.3 is 0 Å². The summed E-state index contributed by atoms with van der Waals surface area (Å²) in [5, 5.41) is 4.22. The highest BCUT2D eigenvalue weighted by molar-refractivity contribution is 5.89. The second-order valence-corrected chi connectivity index (χ2v) is 6.44. The molecule has 1 aliphatic heterocycles. The fourth-order valence-electron chi connectivity index (χ4n) is 2.80. The number of carbonyl (C=O) groups excluding carboxylic acids is 2. The van der Waals surface area contributed by atoms with Crippen LogP contribution in [0.3, 0.4) is 0 Å². The van der Waals surface area contributed by atoms with Gasteiger partial charge in [0.15, 0.2) is 0 Å². The van der Waals surface area contributed by atoms with Gasteiger partial charge in [-0.2, -0.15) is 5.10 Å². The molecule has 0 unspecified atom stereocenters. The number of nitrogens with zero attached hydrogens (tertiary/aromatic N) is 5. The van der Waals surface area contributed by atoms with Gasteiger partial charge in [0.25, 0.3) is 0 Å². The molecule has 0 aliphatic carbocycles. The number of likely N-dealkylation sites (N-methyl/N-ethyl adjacent to an activating group) is 1. The molecule has 0 aromatic carbocycles. The maximum Gasteiger partial charge on any atom is 0.228 e. The fourth-order valence-corrected chi connectivity index (χ4v) is 2.80. The first-order valence-corrected chi connectivity index (χ1v) is 8.09. The minimum absolute atomic E-state index is 0.0370. The standard InChI is InChI=1S/C16H27N5O2/c1-5-21-11-13(9-17-21)10-19(4)16(23)14-8-15(22)20(12-14)7-6-18(2)3/h9,11,14H,5-8,10,12H2,1-4H3/t14-/m0/s1. The Morgan fingerprint density at radius 3 is 2.74 bits per heavy atom. The second-order valence-electron chi connectivity index (χ2n) is 6.44. The average molecular weight is 321 g/mol. The molecule has 2 amide bonds. The molecule has 1 saturated heterocycles. The van der Waals surface area contributed by atoms with Crippen molar-refractivity contribution in [2.75, 3.05) is 40.8 Å². The van der Waals surface area contributed by atoms with Crippen LogP contribution in [-0.2, 0) is 22.7 Å². The molecule has 0 saturated carbocycles. The van der Waals surface area contributed by atoms with Crippen molar-refractivity contribution in [2.24, 2.45) is 5.92 Å². The van der Waals surface area contributed by atoms with E-state index in [1.807, 2.05) is 36.8 Å². The van der Waals surface area contributed by atoms with E-state index in [9.17, 15) is 9.59 Å². The Hall–Kier alpha value is -1.89. The highest BCUT2D eigenvalue weighted by Gasteiger charge is 2.35. The molecule has 7 nitrogen and oxygen atoms in total. The second kappa shape index (κ2) is 7.59. The van der Waals surface area contributed by atoms with Gasteiger partial charge in [-0.3, -0.25) is 14.3 Å². The van der Waals surface area contributed by atoms with Crippen LogP contribution in [0, 0.1) is 5.92 Å². The molecule has 2 heterocycles. The molecule has 1 fully saturated rings. The molecule has 1 aromatic heterocycles. The molecule has 0 radical (unpaired) electrons. The molecular formula is C16H27N5O2. The summed E-state index contributed by atoms with van der Waals surface area (Å²) >= 11 is 0. The molecule has 1 atom stereocenters. The molecule has 0 N–H and O–H groups in total. The van der Waals surface area contributed by atoms with Gasteiger partial charge < -0.3 is 14.7 Å². The Labute approximate surface area is 137 Å². The van der Waals surface area contributed by atoms with Gasteiger partial charge in [-0.25, -0.2) is 0 Å². The Balaban J connectivity index is 1.88. The molecular weight excluding hydrogens is 294 g/mol. The van der Waals surface area contributed by atoms with Gasteiger partial charge in [-0.15, -0.1) is 0 Å². The zero-order chi connectivity index (χ0) is 17.0. The SMILES string of the molecule is CCn1cc(CN(C)C(=O)[C@H]2CC(=O)N(CCN(C)C)C2)cn1. The van der Waals surface area contributed by atoms with Crippen LogP contribution in [0.25, 0.3) is 0 Å². The van der Waals surface area contributed by atoms with Gasteiger partial charge in [0.1, 0.15) is 0 Å². The van der Waals surface area contributed by atoms with Crippen LogP contribution in [-0.4, -0.2) is 77.1 Å². The van der Waals surface area contributed by atoms with E-state index in [4.69, 9.17) is 0 Å². The summed E-state index contributed by atoms with van der Waals surface area (Å²) in [6.07, 6.45) is 4.06. The molecule has 128 valence electrons. The van der Waals surface area contributed by atoms with Crippen molar-refractivity contribution >= 4 is 11.8 Å². The maximum absolute atomic E-state index is 12.6. The summed E-state index contributed by atoms with van der Waals surface area (Å²) in [4.78, 5) is 30.2. The predicted octanol–water partition coefficient (Wildman–Crippen LogP) is 0.272. The fraction of sp³-hybridized carbons (Fsp3) is 0.688. The lowest BCUT2D eigenvalue weighted by Gasteiger charge is -2.21. The van der Waals surface area contributed by atoms with E-state index in [1.165, 1.54) is 0 Å². The number of carbonyl (C=O) groups is 2. The Bertz CT molecular complexity index is 554. The largest absolute Gasteiger partial charge is 0.341 e. The summed E-state index contributed by atoms with van der Waals surface area (Å²) in [7, 11) is 5.75.